The summed E-state index contributed by atoms with van der Waals surface area (Å²) in [6, 6.07) is 5.00. The Balaban J connectivity index is 2.00. The summed E-state index contributed by atoms with van der Waals surface area (Å²) in [6.45, 7) is 1.58. The maximum Gasteiger partial charge on any atom is 0.312 e. The Labute approximate surface area is 128 Å². The predicted molar refractivity (Wildman–Crippen MR) is 79.4 cm³/mol. The third kappa shape index (κ3) is 3.10. The molecule has 22 heavy (non-hydrogen) atoms. The van der Waals surface area contributed by atoms with Crippen molar-refractivity contribution in [3.05, 3.63) is 39.4 Å². The second-order valence-corrected chi connectivity index (χ2v) is 5.54. The zero-order chi connectivity index (χ0) is 15.5. The number of nitro benzene ring substituents is 1. The summed E-state index contributed by atoms with van der Waals surface area (Å²) in [5.74, 6) is 0.749. The van der Waals surface area contributed by atoms with E-state index in [1.807, 2.05) is 6.08 Å². The van der Waals surface area contributed by atoms with Gasteiger partial charge in [-0.2, -0.15) is 5.26 Å². The highest BCUT2D eigenvalue weighted by molar-refractivity contribution is 5.74. The van der Waals surface area contributed by atoms with Crippen molar-refractivity contribution in [1.82, 2.24) is 0 Å². The maximum atomic E-state index is 11.2. The first-order valence-electron chi connectivity index (χ1n) is 7.31. The lowest BCUT2D eigenvalue weighted by atomic mass is 9.96. The number of nitriles is 1. The molecule has 6 nitrogen and oxygen atoms in total. The molecule has 1 aliphatic heterocycles. The van der Waals surface area contributed by atoms with E-state index in [-0.39, 0.29) is 11.4 Å². The van der Waals surface area contributed by atoms with Gasteiger partial charge in [0.2, 0.25) is 0 Å². The highest BCUT2D eigenvalue weighted by Gasteiger charge is 2.26. The molecule has 1 aromatic carbocycles. The fraction of sp³-hybridized carbons (Fsp3) is 0.438. The zero-order valence-corrected chi connectivity index (χ0v) is 12.1. The van der Waals surface area contributed by atoms with Gasteiger partial charge in [0.15, 0.2) is 5.75 Å². The SMILES string of the molecule is N#Cc1cc([N+](=O)[O-])c(OCC2CC2)cc1C1=CCOCC1. The zero-order valence-electron chi connectivity index (χ0n) is 12.1. The van der Waals surface area contributed by atoms with Crippen LogP contribution in [0.25, 0.3) is 5.57 Å². The van der Waals surface area contributed by atoms with E-state index < -0.39 is 4.92 Å². The fourth-order valence-electron chi connectivity index (χ4n) is 2.45. The topological polar surface area (TPSA) is 85.4 Å². The van der Waals surface area contributed by atoms with E-state index in [2.05, 4.69) is 6.07 Å². The summed E-state index contributed by atoms with van der Waals surface area (Å²) in [4.78, 5) is 10.7. The van der Waals surface area contributed by atoms with Gasteiger partial charge in [0.1, 0.15) is 6.07 Å². The Morgan fingerprint density at radius 2 is 2.27 bits per heavy atom. The highest BCUT2D eigenvalue weighted by Crippen LogP contribution is 2.37. The third-order valence-electron chi connectivity index (χ3n) is 3.90. The molecule has 0 unspecified atom stereocenters. The van der Waals surface area contributed by atoms with Crippen LogP contribution in [0.15, 0.2) is 18.2 Å². The van der Waals surface area contributed by atoms with Crippen LogP contribution in [0.2, 0.25) is 0 Å². The Kier molecular flexibility index (Phi) is 4.07. The average Bonchev–Trinajstić information content (AvgIpc) is 3.37. The van der Waals surface area contributed by atoms with E-state index in [9.17, 15) is 15.4 Å². The van der Waals surface area contributed by atoms with E-state index in [0.29, 0.717) is 43.3 Å². The number of hydrogen-bond acceptors (Lipinski definition) is 5. The predicted octanol–water partition coefficient (Wildman–Crippen LogP) is 3.06. The molecule has 1 fully saturated rings. The van der Waals surface area contributed by atoms with Crippen molar-refractivity contribution in [2.45, 2.75) is 19.3 Å². The molecule has 0 radical (unpaired) electrons. The van der Waals surface area contributed by atoms with Crippen LogP contribution in [0.4, 0.5) is 5.69 Å². The van der Waals surface area contributed by atoms with Crippen molar-refractivity contribution in [2.24, 2.45) is 5.92 Å². The molecule has 0 amide bonds. The van der Waals surface area contributed by atoms with Crippen LogP contribution >= 0.6 is 0 Å². The van der Waals surface area contributed by atoms with Crippen molar-refractivity contribution in [2.75, 3.05) is 19.8 Å². The van der Waals surface area contributed by atoms with Gasteiger partial charge in [0.05, 0.1) is 30.3 Å². The van der Waals surface area contributed by atoms with E-state index in [1.165, 1.54) is 6.07 Å². The summed E-state index contributed by atoms with van der Waals surface area (Å²) in [6.07, 6.45) is 4.82. The summed E-state index contributed by atoms with van der Waals surface area (Å²) >= 11 is 0. The van der Waals surface area contributed by atoms with Crippen molar-refractivity contribution >= 4 is 11.3 Å². The monoisotopic (exact) mass is 300 g/mol. The van der Waals surface area contributed by atoms with Crippen LogP contribution < -0.4 is 4.74 Å². The van der Waals surface area contributed by atoms with Crippen molar-refractivity contribution in [3.63, 3.8) is 0 Å². The Morgan fingerprint density at radius 3 is 2.86 bits per heavy atom. The molecule has 114 valence electrons. The largest absolute Gasteiger partial charge is 0.487 e. The second kappa shape index (κ2) is 6.16. The number of nitrogens with zero attached hydrogens (tertiary/aromatic N) is 2. The van der Waals surface area contributed by atoms with Crippen molar-refractivity contribution in [1.29, 1.82) is 5.26 Å². The number of ether oxygens (including phenoxy) is 2. The molecular formula is C16H16N2O4. The number of rotatable bonds is 5. The first kappa shape index (κ1) is 14.5. The number of benzene rings is 1. The molecule has 0 spiro atoms. The molecule has 2 aliphatic rings. The fourth-order valence-corrected chi connectivity index (χ4v) is 2.45. The van der Waals surface area contributed by atoms with E-state index in [1.54, 1.807) is 6.07 Å². The van der Waals surface area contributed by atoms with Gasteiger partial charge in [-0.3, -0.25) is 10.1 Å². The molecule has 1 aliphatic carbocycles. The lowest BCUT2D eigenvalue weighted by Gasteiger charge is -2.16. The minimum atomic E-state index is -0.495. The van der Waals surface area contributed by atoms with Gasteiger partial charge < -0.3 is 9.47 Å². The van der Waals surface area contributed by atoms with E-state index in [0.717, 1.165) is 18.4 Å². The smallest absolute Gasteiger partial charge is 0.312 e. The number of hydrogen-bond donors (Lipinski definition) is 0. The molecular weight excluding hydrogens is 284 g/mol. The minimum absolute atomic E-state index is 0.145. The molecule has 0 N–H and O–H groups in total. The van der Waals surface area contributed by atoms with Crippen LogP contribution in [-0.4, -0.2) is 24.7 Å². The average molecular weight is 300 g/mol. The first-order chi connectivity index (χ1) is 10.7. The lowest BCUT2D eigenvalue weighted by Crippen LogP contribution is -2.07. The van der Waals surface area contributed by atoms with Crippen LogP contribution in [0.5, 0.6) is 5.75 Å². The molecule has 0 atom stereocenters. The van der Waals surface area contributed by atoms with Crippen LogP contribution in [0.1, 0.15) is 30.4 Å². The summed E-state index contributed by atoms with van der Waals surface area (Å²) < 4.78 is 10.9. The van der Waals surface area contributed by atoms with Crippen molar-refractivity contribution < 1.29 is 14.4 Å². The quantitative estimate of drug-likeness (QED) is 0.616. The van der Waals surface area contributed by atoms with Crippen LogP contribution in [0, 0.1) is 27.4 Å². The summed E-state index contributed by atoms with van der Waals surface area (Å²) in [5, 5.41) is 20.5. The van der Waals surface area contributed by atoms with E-state index in [4.69, 9.17) is 9.47 Å². The van der Waals surface area contributed by atoms with Crippen LogP contribution in [0.3, 0.4) is 0 Å². The van der Waals surface area contributed by atoms with Gasteiger partial charge in [-0.1, -0.05) is 6.08 Å². The molecule has 0 saturated heterocycles. The molecule has 0 aromatic heterocycles. The standard InChI is InChI=1S/C16H16N2O4/c17-9-13-7-15(18(19)20)16(22-10-11-1-2-11)8-14(13)12-3-5-21-6-4-12/h3,7-8,11H,1-2,4-6,10H2. The first-order valence-corrected chi connectivity index (χ1v) is 7.31. The highest BCUT2D eigenvalue weighted by atomic mass is 16.6. The number of nitro groups is 1. The minimum Gasteiger partial charge on any atom is -0.487 e. The van der Waals surface area contributed by atoms with Gasteiger partial charge in [-0.15, -0.1) is 0 Å². The molecule has 1 heterocycles. The molecule has 0 bridgehead atoms. The summed E-state index contributed by atoms with van der Waals surface area (Å²) in [7, 11) is 0. The third-order valence-corrected chi connectivity index (χ3v) is 3.90. The Morgan fingerprint density at radius 1 is 1.45 bits per heavy atom. The molecule has 1 saturated carbocycles. The maximum absolute atomic E-state index is 11.2. The van der Waals surface area contributed by atoms with Gasteiger partial charge >= 0.3 is 5.69 Å². The summed E-state index contributed by atoms with van der Waals surface area (Å²) in [5.41, 5.74) is 1.85. The van der Waals surface area contributed by atoms with Gasteiger partial charge in [0.25, 0.3) is 0 Å². The van der Waals surface area contributed by atoms with Gasteiger partial charge in [0, 0.05) is 6.07 Å². The lowest BCUT2D eigenvalue weighted by molar-refractivity contribution is -0.385. The molecule has 6 heteroatoms. The van der Waals surface area contributed by atoms with Gasteiger partial charge in [-0.25, -0.2) is 0 Å². The second-order valence-electron chi connectivity index (χ2n) is 5.54. The van der Waals surface area contributed by atoms with E-state index >= 15 is 0 Å². The Hall–Kier alpha value is -2.39. The van der Waals surface area contributed by atoms with Crippen LogP contribution in [-0.2, 0) is 4.74 Å². The van der Waals surface area contributed by atoms with Crippen molar-refractivity contribution in [3.8, 4) is 11.8 Å². The van der Waals surface area contributed by atoms with Gasteiger partial charge in [-0.05, 0) is 42.4 Å². The normalized spacial score (nSPS) is 17.5. The molecule has 3 rings (SSSR count). The Bertz CT molecular complexity index is 671. The molecule has 1 aromatic rings.